The van der Waals surface area contributed by atoms with Crippen molar-refractivity contribution in [3.05, 3.63) is 24.3 Å². The zero-order chi connectivity index (χ0) is 60.2. The summed E-state index contributed by atoms with van der Waals surface area (Å²) in [6.07, 6.45) is 50.7. The second-order valence-corrected chi connectivity index (χ2v) is 25.0. The van der Waals surface area contributed by atoms with Crippen LogP contribution in [0.25, 0.3) is 0 Å². The number of hydrogen-bond acceptors (Lipinski definition) is 13. The van der Waals surface area contributed by atoms with Crippen LogP contribution in [-0.2, 0) is 23.7 Å². The molecule has 9 N–H and O–H groups in total. The van der Waals surface area contributed by atoms with Crippen molar-refractivity contribution in [3.8, 4) is 0 Å². The molecule has 2 heterocycles. The van der Waals surface area contributed by atoms with E-state index in [1.165, 1.54) is 231 Å². The molecule has 0 spiro atoms. The van der Waals surface area contributed by atoms with Crippen LogP contribution in [0.3, 0.4) is 0 Å². The Morgan fingerprint density at radius 1 is 0.434 bits per heavy atom. The van der Waals surface area contributed by atoms with Crippen LogP contribution < -0.4 is 5.32 Å². The highest BCUT2D eigenvalue weighted by Gasteiger charge is 2.51. The van der Waals surface area contributed by atoms with Gasteiger partial charge < -0.3 is 65.1 Å². The Bertz CT molecular complexity index is 1490. The fraction of sp³-hybridized carbons (Fsp3) is 0.928. The minimum atomic E-state index is -1.78. The summed E-state index contributed by atoms with van der Waals surface area (Å²) in [4.78, 5) is 13.3. The van der Waals surface area contributed by atoms with Crippen LogP contribution in [0.4, 0.5) is 0 Å². The molecule has 83 heavy (non-hydrogen) atoms. The summed E-state index contributed by atoms with van der Waals surface area (Å²) in [7, 11) is 0. The summed E-state index contributed by atoms with van der Waals surface area (Å²) in [6, 6.07) is -0.825. The topological polar surface area (TPSA) is 228 Å². The average Bonchev–Trinajstić information content (AvgIpc) is 3.64. The number of ether oxygens (including phenoxy) is 4. The van der Waals surface area contributed by atoms with Crippen LogP contribution in [0.2, 0.25) is 0 Å². The number of rotatable bonds is 58. The van der Waals surface area contributed by atoms with Crippen LogP contribution in [0, 0.1) is 0 Å². The summed E-state index contributed by atoms with van der Waals surface area (Å²) >= 11 is 0. The van der Waals surface area contributed by atoms with Crippen LogP contribution in [0.15, 0.2) is 24.3 Å². The lowest BCUT2D eigenvalue weighted by molar-refractivity contribution is -0.359. The third kappa shape index (κ3) is 39.2. The van der Waals surface area contributed by atoms with E-state index in [2.05, 4.69) is 43.5 Å². The number of unbranched alkanes of at least 4 members (excludes halogenated alkanes) is 41. The van der Waals surface area contributed by atoms with E-state index in [9.17, 15) is 45.6 Å². The molecule has 0 aromatic carbocycles. The Balaban J connectivity index is 1.58. The van der Waals surface area contributed by atoms with Crippen LogP contribution in [0.1, 0.15) is 316 Å². The largest absolute Gasteiger partial charge is 0.394 e. The maximum Gasteiger partial charge on any atom is 0.220 e. The molecule has 0 saturated carbocycles. The smallest absolute Gasteiger partial charge is 0.220 e. The Morgan fingerprint density at radius 2 is 0.795 bits per heavy atom. The molecule has 1 amide bonds. The van der Waals surface area contributed by atoms with Crippen molar-refractivity contribution in [2.45, 2.75) is 389 Å². The van der Waals surface area contributed by atoms with Gasteiger partial charge in [-0.3, -0.25) is 4.79 Å². The molecule has 2 rings (SSSR count). The van der Waals surface area contributed by atoms with Crippen LogP contribution >= 0.6 is 0 Å². The maximum atomic E-state index is 13.3. The first-order valence-corrected chi connectivity index (χ1v) is 35.1. The number of aliphatic hydroxyl groups is 8. The van der Waals surface area contributed by atoms with Crippen LogP contribution in [0.5, 0.6) is 0 Å². The van der Waals surface area contributed by atoms with E-state index in [-0.39, 0.29) is 12.5 Å². The van der Waals surface area contributed by atoms with Gasteiger partial charge in [-0.1, -0.05) is 289 Å². The molecule has 2 fully saturated rings. The molecule has 12 unspecified atom stereocenters. The number of hydrogen-bond donors (Lipinski definition) is 9. The Kier molecular flexibility index (Phi) is 51.0. The van der Waals surface area contributed by atoms with Gasteiger partial charge in [-0.15, -0.1) is 0 Å². The fourth-order valence-electron chi connectivity index (χ4n) is 11.8. The lowest BCUT2D eigenvalue weighted by atomic mass is 9.97. The van der Waals surface area contributed by atoms with E-state index in [0.29, 0.717) is 12.8 Å². The molecule has 0 radical (unpaired) electrons. The van der Waals surface area contributed by atoms with E-state index in [1.807, 2.05) is 0 Å². The summed E-state index contributed by atoms with van der Waals surface area (Å²) in [5.74, 6) is -0.201. The molecule has 0 aliphatic carbocycles. The lowest BCUT2D eigenvalue weighted by Crippen LogP contribution is -2.65. The molecule has 14 nitrogen and oxygen atoms in total. The third-order valence-electron chi connectivity index (χ3n) is 17.4. The Morgan fingerprint density at radius 3 is 1.20 bits per heavy atom. The van der Waals surface area contributed by atoms with E-state index in [4.69, 9.17) is 18.9 Å². The minimum Gasteiger partial charge on any atom is -0.394 e. The number of aliphatic hydroxyl groups excluding tert-OH is 8. The molecule has 2 saturated heterocycles. The van der Waals surface area contributed by atoms with E-state index in [0.717, 1.165) is 57.8 Å². The highest BCUT2D eigenvalue weighted by Crippen LogP contribution is 2.30. The molecule has 0 aromatic rings. The van der Waals surface area contributed by atoms with Gasteiger partial charge in [0.2, 0.25) is 5.91 Å². The Hall–Kier alpha value is -1.53. The van der Waals surface area contributed by atoms with E-state index >= 15 is 0 Å². The normalized spacial score (nSPS) is 23.9. The first kappa shape index (κ1) is 77.6. The minimum absolute atomic E-state index is 0.201. The van der Waals surface area contributed by atoms with Crippen molar-refractivity contribution in [1.82, 2.24) is 5.32 Å². The van der Waals surface area contributed by atoms with E-state index in [1.54, 1.807) is 0 Å². The SMILES string of the molecule is CCCCCCC/C=C\C/C=C\CCCCCCCCCCCCCCCCCCCCCCCCCC(=O)NC(COC1OC(CO)C(OC2OC(CO)C(O)C(O)C2O)C(O)C1O)C(O)CCCCCCCCCCCCCCCC. The van der Waals surface area contributed by atoms with Crippen molar-refractivity contribution >= 4 is 5.91 Å². The predicted molar refractivity (Wildman–Crippen MR) is 337 cm³/mol. The lowest BCUT2D eigenvalue weighted by Gasteiger charge is -2.46. The van der Waals surface area contributed by atoms with Crippen molar-refractivity contribution in [3.63, 3.8) is 0 Å². The highest BCUT2D eigenvalue weighted by molar-refractivity contribution is 5.76. The maximum absolute atomic E-state index is 13.3. The average molecular weight is 1180 g/mol. The molecule has 2 aliphatic heterocycles. The van der Waals surface area contributed by atoms with Gasteiger partial charge >= 0.3 is 0 Å². The summed E-state index contributed by atoms with van der Waals surface area (Å²) in [5, 5.41) is 87.4. The molecular weight excluding hydrogens is 1050 g/mol. The third-order valence-corrected chi connectivity index (χ3v) is 17.4. The summed E-state index contributed by atoms with van der Waals surface area (Å²) in [6.45, 7) is 2.88. The molecular formula is C69H131NO13. The second-order valence-electron chi connectivity index (χ2n) is 25.0. The van der Waals surface area contributed by atoms with E-state index < -0.39 is 86.8 Å². The van der Waals surface area contributed by atoms with Gasteiger partial charge in [-0.05, 0) is 44.9 Å². The first-order chi connectivity index (χ1) is 40.6. The quantitative estimate of drug-likeness (QED) is 0.0204. The number of nitrogens with one attached hydrogen (secondary N) is 1. The van der Waals surface area contributed by atoms with Gasteiger partial charge in [0.25, 0.3) is 0 Å². The van der Waals surface area contributed by atoms with Crippen molar-refractivity contribution in [1.29, 1.82) is 0 Å². The number of carbonyl (C=O) groups is 1. The van der Waals surface area contributed by atoms with Gasteiger partial charge in [0, 0.05) is 6.42 Å². The highest BCUT2D eigenvalue weighted by atomic mass is 16.7. The van der Waals surface area contributed by atoms with Gasteiger partial charge in [0.1, 0.15) is 48.8 Å². The standard InChI is InChI=1S/C69H131NO13/c1-3-5-7-9-11-13-15-17-19-20-21-22-23-24-25-26-27-28-29-30-31-32-33-34-35-36-37-38-39-41-43-45-47-49-51-53-61(74)70-57(58(73)52-50-48-46-44-42-40-18-16-14-12-10-8-6-4-2)56-80-68-66(79)64(77)67(60(55-72)82-68)83-69-65(78)63(76)62(75)59(54-71)81-69/h15,17,20-21,57-60,62-69,71-73,75-79H,3-14,16,18-19,22-56H2,1-2H3,(H,70,74)/b17-15-,21-20-. The van der Waals surface area contributed by atoms with Crippen molar-refractivity contribution in [2.24, 2.45) is 0 Å². The molecule has 0 bridgehead atoms. The van der Waals surface area contributed by atoms with Gasteiger partial charge in [-0.25, -0.2) is 0 Å². The summed E-state index contributed by atoms with van der Waals surface area (Å²) in [5.41, 5.74) is 0. The first-order valence-electron chi connectivity index (χ1n) is 35.1. The molecule has 2 aliphatic rings. The Labute approximate surface area is 507 Å². The summed E-state index contributed by atoms with van der Waals surface area (Å²) < 4.78 is 22.9. The number of carbonyl (C=O) groups excluding carboxylic acids is 1. The molecule has 14 heteroatoms. The molecule has 0 aromatic heterocycles. The molecule has 490 valence electrons. The number of amides is 1. The zero-order valence-corrected chi connectivity index (χ0v) is 53.2. The monoisotopic (exact) mass is 1180 g/mol. The van der Waals surface area contributed by atoms with Gasteiger partial charge in [0.05, 0.1) is 32.0 Å². The molecule has 12 atom stereocenters. The predicted octanol–water partition coefficient (Wildman–Crippen LogP) is 14.0. The van der Waals surface area contributed by atoms with Crippen molar-refractivity contribution in [2.75, 3.05) is 19.8 Å². The van der Waals surface area contributed by atoms with Crippen molar-refractivity contribution < 1.29 is 64.6 Å². The zero-order valence-electron chi connectivity index (χ0n) is 53.2. The van der Waals surface area contributed by atoms with Gasteiger partial charge in [-0.2, -0.15) is 0 Å². The fourth-order valence-corrected chi connectivity index (χ4v) is 11.8. The second kappa shape index (κ2) is 54.6. The van der Waals surface area contributed by atoms with Crippen LogP contribution in [-0.4, -0.2) is 140 Å². The van der Waals surface area contributed by atoms with Gasteiger partial charge in [0.15, 0.2) is 12.6 Å². The number of allylic oxidation sites excluding steroid dienone is 4.